The fourth-order valence-corrected chi connectivity index (χ4v) is 7.72. The zero-order valence-corrected chi connectivity index (χ0v) is 40.8. The van der Waals surface area contributed by atoms with E-state index in [0.717, 1.165) is 13.8 Å². The Labute approximate surface area is 417 Å². The predicted octanol–water partition coefficient (Wildman–Crippen LogP) is 13.9. The van der Waals surface area contributed by atoms with Crippen molar-refractivity contribution in [1.29, 1.82) is 0 Å². The summed E-state index contributed by atoms with van der Waals surface area (Å²) in [4.78, 5) is 79.1. The number of benzene rings is 5. The number of azo groups is 2. The number of halogens is 8. The van der Waals surface area contributed by atoms with Gasteiger partial charge in [-0.1, -0.05) is 119 Å². The molecule has 0 saturated heterocycles. The fourth-order valence-electron chi connectivity index (χ4n) is 5.98. The number of carbonyl (C=O) groups is 6. The van der Waals surface area contributed by atoms with Crippen molar-refractivity contribution in [2.24, 2.45) is 20.5 Å². The van der Waals surface area contributed by atoms with E-state index in [9.17, 15) is 28.8 Å². The van der Waals surface area contributed by atoms with E-state index in [1.165, 1.54) is 60.7 Å². The fraction of sp³-hybridized carbons (Fsp3) is 0.182. The molecule has 0 bridgehead atoms. The van der Waals surface area contributed by atoms with Crippen LogP contribution in [-0.4, -0.2) is 47.3 Å². The number of hydrogen-bond acceptors (Lipinski definition) is 10. The van der Waals surface area contributed by atoms with E-state index in [2.05, 4.69) is 41.7 Å². The molecule has 4 N–H and O–H groups in total. The summed E-state index contributed by atoms with van der Waals surface area (Å²) in [5, 5.41) is 27.0. The maximum Gasteiger partial charge on any atom is 0.258 e. The SMILES string of the molecule is CCc1cc(NC(=O)C(N=Nc2cccc(C(=O)Nc3c(Cl)ccc(Cl)c3Cl)c2Cl)C(C)=O)c(CC)cc1NC(=O)C(N=Nc1cccc(C(=O)Nc2c(Cl)ccc(Cl)c2Cl)c1Cl)C(C)=O. The van der Waals surface area contributed by atoms with Crippen molar-refractivity contribution in [2.75, 3.05) is 21.3 Å². The van der Waals surface area contributed by atoms with E-state index < -0.39 is 47.3 Å². The molecular formula is C44H34Cl8N8O6. The van der Waals surface area contributed by atoms with Crippen LogP contribution >= 0.6 is 92.8 Å². The molecule has 66 heavy (non-hydrogen) atoms. The van der Waals surface area contributed by atoms with Gasteiger partial charge < -0.3 is 21.3 Å². The van der Waals surface area contributed by atoms with Crippen molar-refractivity contribution in [3.63, 3.8) is 0 Å². The van der Waals surface area contributed by atoms with Crippen molar-refractivity contribution in [2.45, 2.75) is 52.6 Å². The summed E-state index contributed by atoms with van der Waals surface area (Å²) in [6.45, 7) is 5.91. The summed E-state index contributed by atoms with van der Waals surface area (Å²) in [7, 11) is 0. The highest BCUT2D eigenvalue weighted by Gasteiger charge is 2.28. The Kier molecular flexibility index (Phi) is 18.1. The van der Waals surface area contributed by atoms with E-state index in [1.54, 1.807) is 26.0 Å². The second-order valence-electron chi connectivity index (χ2n) is 13.9. The molecule has 0 aliphatic heterocycles. The van der Waals surface area contributed by atoms with Gasteiger partial charge in [-0.3, -0.25) is 28.8 Å². The van der Waals surface area contributed by atoms with Gasteiger partial charge in [-0.25, -0.2) is 0 Å². The lowest BCUT2D eigenvalue weighted by Crippen LogP contribution is -2.33. The Morgan fingerprint density at radius 1 is 0.485 bits per heavy atom. The van der Waals surface area contributed by atoms with Crippen molar-refractivity contribution in [1.82, 2.24) is 0 Å². The lowest BCUT2D eigenvalue weighted by atomic mass is 10.0. The summed E-state index contributed by atoms with van der Waals surface area (Å²) in [6.07, 6.45) is 0.692. The molecule has 22 heteroatoms. The highest BCUT2D eigenvalue weighted by Crippen LogP contribution is 2.39. The molecule has 14 nitrogen and oxygen atoms in total. The maximum absolute atomic E-state index is 13.6. The van der Waals surface area contributed by atoms with Gasteiger partial charge in [0.15, 0.2) is 11.6 Å². The Morgan fingerprint density at radius 2 is 0.833 bits per heavy atom. The zero-order chi connectivity index (χ0) is 48.6. The Bertz CT molecular complexity index is 2670. The minimum Gasteiger partial charge on any atom is -0.323 e. The van der Waals surface area contributed by atoms with Crippen molar-refractivity contribution in [3.05, 3.63) is 135 Å². The number of ketones is 2. The van der Waals surface area contributed by atoms with Crippen LogP contribution in [-0.2, 0) is 32.0 Å². The first-order chi connectivity index (χ1) is 31.3. The standard InChI is InChI=1S/C44H34Cl8N8O6/c1-5-21-17-32(54-44(66)38(20(4)62)60-58-30-12-8-10-24(34(30)50)42(64)56-40-28(48)16-14-26(46)36(40)52)22(6-2)18-31(21)53-43(65)37(19(3)61)59-57-29-11-7-9-23(33(29)49)41(63)55-39-27(47)15-13-25(45)35(39)51/h7-18,37-38H,5-6H2,1-4H3,(H,53,65)(H,54,66)(H,55,63)(H,56,64). The second kappa shape index (κ2) is 23.0. The van der Waals surface area contributed by atoms with Crippen LogP contribution in [0.3, 0.4) is 0 Å². The van der Waals surface area contributed by atoms with Gasteiger partial charge in [-0.05, 0) is 98.5 Å². The number of aryl methyl sites for hydroxylation is 2. The van der Waals surface area contributed by atoms with Crippen LogP contribution in [0.4, 0.5) is 34.1 Å². The van der Waals surface area contributed by atoms with Gasteiger partial charge in [0.25, 0.3) is 23.6 Å². The van der Waals surface area contributed by atoms with E-state index >= 15 is 0 Å². The monoisotopic (exact) mass is 1050 g/mol. The topological polar surface area (TPSA) is 200 Å². The van der Waals surface area contributed by atoms with E-state index in [1.807, 2.05) is 0 Å². The molecule has 0 aromatic heterocycles. The normalized spacial score (nSPS) is 12.2. The number of nitrogens with zero attached hydrogens (tertiary/aromatic N) is 4. The summed E-state index contributed by atoms with van der Waals surface area (Å²) < 4.78 is 0. The molecule has 342 valence electrons. The van der Waals surface area contributed by atoms with Crippen LogP contribution in [0.15, 0.2) is 93.3 Å². The lowest BCUT2D eigenvalue weighted by molar-refractivity contribution is -0.127. The number of carbonyl (C=O) groups excluding carboxylic acids is 6. The largest absolute Gasteiger partial charge is 0.323 e. The molecule has 0 radical (unpaired) electrons. The Balaban J connectivity index is 1.32. The van der Waals surface area contributed by atoms with Crippen LogP contribution in [0.5, 0.6) is 0 Å². The van der Waals surface area contributed by atoms with Gasteiger partial charge in [0.05, 0.1) is 62.7 Å². The molecule has 2 unspecified atom stereocenters. The first-order valence-electron chi connectivity index (χ1n) is 19.3. The van der Waals surface area contributed by atoms with Gasteiger partial charge in [0, 0.05) is 11.4 Å². The summed E-state index contributed by atoms with van der Waals surface area (Å²) in [5.41, 5.74) is 1.70. The van der Waals surface area contributed by atoms with E-state index in [0.29, 0.717) is 35.3 Å². The quantitative estimate of drug-likeness (QED) is 0.0430. The van der Waals surface area contributed by atoms with Crippen molar-refractivity contribution >= 4 is 162 Å². The molecule has 0 heterocycles. The highest BCUT2D eigenvalue weighted by atomic mass is 35.5. The Hall–Kier alpha value is -5.16. The molecule has 5 aromatic carbocycles. The van der Waals surface area contributed by atoms with Crippen LogP contribution in [0, 0.1) is 0 Å². The molecule has 0 saturated carbocycles. The third kappa shape index (κ3) is 12.2. The van der Waals surface area contributed by atoms with Gasteiger partial charge >= 0.3 is 0 Å². The number of amides is 4. The molecule has 4 amide bonds. The van der Waals surface area contributed by atoms with Crippen molar-refractivity contribution in [3.8, 4) is 0 Å². The summed E-state index contributed by atoms with van der Waals surface area (Å²) >= 11 is 50.1. The summed E-state index contributed by atoms with van der Waals surface area (Å²) in [6, 6.07) is 14.4. The van der Waals surface area contributed by atoms with Gasteiger partial charge in [0.1, 0.15) is 11.4 Å². The minimum atomic E-state index is -1.64. The molecular weight excluding hydrogens is 1020 g/mol. The van der Waals surface area contributed by atoms with Gasteiger partial charge in [-0.15, -0.1) is 0 Å². The lowest BCUT2D eigenvalue weighted by Gasteiger charge is -2.18. The number of hydrogen-bond donors (Lipinski definition) is 4. The number of nitrogens with one attached hydrogen (secondary N) is 4. The zero-order valence-electron chi connectivity index (χ0n) is 34.8. The van der Waals surface area contributed by atoms with Crippen LogP contribution < -0.4 is 21.3 Å². The predicted molar refractivity (Wildman–Crippen MR) is 262 cm³/mol. The smallest absolute Gasteiger partial charge is 0.258 e. The van der Waals surface area contributed by atoms with E-state index in [-0.39, 0.29) is 74.1 Å². The third-order valence-electron chi connectivity index (χ3n) is 9.45. The Morgan fingerprint density at radius 3 is 1.17 bits per heavy atom. The van der Waals surface area contributed by atoms with Gasteiger partial charge in [-0.2, -0.15) is 20.5 Å². The minimum absolute atomic E-state index is 0.0155. The number of Topliss-reactive ketones (excluding diaryl/α,β-unsaturated/α-hetero) is 2. The molecule has 2 atom stereocenters. The molecule has 0 fully saturated rings. The average molecular weight is 1050 g/mol. The number of rotatable bonds is 16. The van der Waals surface area contributed by atoms with Crippen molar-refractivity contribution < 1.29 is 28.8 Å². The van der Waals surface area contributed by atoms with Crippen LogP contribution in [0.2, 0.25) is 40.2 Å². The average Bonchev–Trinajstić information content (AvgIpc) is 3.27. The molecule has 0 aliphatic carbocycles. The van der Waals surface area contributed by atoms with Gasteiger partial charge in [0.2, 0.25) is 12.1 Å². The summed E-state index contributed by atoms with van der Waals surface area (Å²) in [5.74, 6) is -4.37. The van der Waals surface area contributed by atoms with Crippen LogP contribution in [0.25, 0.3) is 0 Å². The second-order valence-corrected chi connectivity index (χ2v) is 17.1. The molecule has 0 spiro atoms. The third-order valence-corrected chi connectivity index (χ3v) is 12.5. The van der Waals surface area contributed by atoms with E-state index in [4.69, 9.17) is 92.8 Å². The maximum atomic E-state index is 13.6. The molecule has 5 rings (SSSR count). The number of anilines is 4. The molecule has 5 aromatic rings. The molecule has 0 aliphatic rings. The highest BCUT2D eigenvalue weighted by molar-refractivity contribution is 6.48. The first-order valence-corrected chi connectivity index (χ1v) is 22.4. The van der Waals surface area contributed by atoms with Crippen LogP contribution in [0.1, 0.15) is 59.5 Å². The first kappa shape index (κ1) is 51.8.